The fraction of sp³-hybridized carbons (Fsp3) is 0.319. The van der Waals surface area contributed by atoms with Crippen LogP contribution >= 0.6 is 0 Å². The number of aliphatic hydroxyl groups excluding tert-OH is 1. The predicted molar refractivity (Wildman–Crippen MR) is 216 cm³/mol. The first kappa shape index (κ1) is 38.6. The van der Waals surface area contributed by atoms with E-state index in [0.29, 0.717) is 24.3 Å². The van der Waals surface area contributed by atoms with Crippen LogP contribution in [0.15, 0.2) is 127 Å². The van der Waals surface area contributed by atoms with Crippen LogP contribution in [0.5, 0.6) is 11.5 Å². The molecular formula is C47H50N2O7. The van der Waals surface area contributed by atoms with Crippen molar-refractivity contribution >= 4 is 12.0 Å². The Bertz CT molecular complexity index is 2030. The molecule has 1 aliphatic heterocycles. The summed E-state index contributed by atoms with van der Waals surface area (Å²) < 4.78 is 24.4. The Morgan fingerprint density at radius 3 is 1.77 bits per heavy atom. The molecule has 1 aliphatic carbocycles. The van der Waals surface area contributed by atoms with Gasteiger partial charge in [-0.25, -0.2) is 4.79 Å². The van der Waals surface area contributed by atoms with E-state index in [0.717, 1.165) is 38.9 Å². The molecule has 9 heteroatoms. The Kier molecular flexibility index (Phi) is 11.5. The highest BCUT2D eigenvalue weighted by molar-refractivity contribution is 5.87. The Morgan fingerprint density at radius 1 is 0.750 bits per heavy atom. The molecule has 1 saturated heterocycles. The van der Waals surface area contributed by atoms with Gasteiger partial charge in [0.15, 0.2) is 6.10 Å². The molecule has 5 aromatic rings. The second-order valence-corrected chi connectivity index (χ2v) is 15.0. The average Bonchev–Trinajstić information content (AvgIpc) is 3.77. The third kappa shape index (κ3) is 7.49. The zero-order valence-corrected chi connectivity index (χ0v) is 32.6. The summed E-state index contributed by atoms with van der Waals surface area (Å²) in [5.74, 6) is 1.25. The van der Waals surface area contributed by atoms with E-state index in [-0.39, 0.29) is 25.0 Å². The highest BCUT2D eigenvalue weighted by Gasteiger charge is 2.44. The van der Waals surface area contributed by atoms with Crippen LogP contribution in [0.25, 0.3) is 11.1 Å². The summed E-state index contributed by atoms with van der Waals surface area (Å²) in [6.45, 7) is 4.28. The number of fused-ring (bicyclic) bond motifs is 3. The van der Waals surface area contributed by atoms with E-state index in [9.17, 15) is 14.7 Å². The SMILES string of the molecule is COc1ccc(C(OC[C@@H]2C[C@@H](O)CN2C(=O)C(CC(C)C)N(C)C(=O)OC2c3ccccc3-c3ccccc32)(c2ccccc2)c2ccc(OC)cc2)cc1. The number of hydrogen-bond acceptors (Lipinski definition) is 7. The lowest BCUT2D eigenvalue weighted by atomic mass is 9.80. The molecule has 1 heterocycles. The second-order valence-electron chi connectivity index (χ2n) is 15.0. The molecule has 5 aromatic carbocycles. The molecule has 0 aromatic heterocycles. The van der Waals surface area contributed by atoms with Crippen molar-refractivity contribution in [2.75, 3.05) is 34.4 Å². The van der Waals surface area contributed by atoms with E-state index in [4.69, 9.17) is 18.9 Å². The Hall–Kier alpha value is -5.64. The molecular weight excluding hydrogens is 705 g/mol. The highest BCUT2D eigenvalue weighted by atomic mass is 16.6. The van der Waals surface area contributed by atoms with E-state index in [1.54, 1.807) is 26.2 Å². The zero-order valence-electron chi connectivity index (χ0n) is 32.6. The van der Waals surface area contributed by atoms with Gasteiger partial charge in [-0.15, -0.1) is 0 Å². The van der Waals surface area contributed by atoms with Crippen molar-refractivity contribution in [3.05, 3.63) is 155 Å². The average molecular weight is 755 g/mol. The quantitative estimate of drug-likeness (QED) is 0.121. The van der Waals surface area contributed by atoms with Crippen LogP contribution in [0.3, 0.4) is 0 Å². The number of carbonyl (C=O) groups is 2. The maximum absolute atomic E-state index is 14.8. The lowest BCUT2D eigenvalue weighted by molar-refractivity contribution is -0.140. The number of ether oxygens (including phenoxy) is 4. The number of likely N-dealkylation sites (tertiary alicyclic amines) is 1. The van der Waals surface area contributed by atoms with Gasteiger partial charge in [0.1, 0.15) is 23.1 Å². The first-order chi connectivity index (χ1) is 27.1. The van der Waals surface area contributed by atoms with Crippen LogP contribution in [-0.2, 0) is 19.9 Å². The van der Waals surface area contributed by atoms with Crippen LogP contribution in [0.1, 0.15) is 60.6 Å². The lowest BCUT2D eigenvalue weighted by Crippen LogP contribution is -2.52. The second kappa shape index (κ2) is 16.6. The molecule has 3 atom stereocenters. The Balaban J connectivity index is 1.18. The van der Waals surface area contributed by atoms with Gasteiger partial charge in [-0.3, -0.25) is 9.69 Å². The van der Waals surface area contributed by atoms with Crippen molar-refractivity contribution in [1.29, 1.82) is 0 Å². The Morgan fingerprint density at radius 2 is 1.25 bits per heavy atom. The van der Waals surface area contributed by atoms with Crippen LogP contribution in [0.4, 0.5) is 4.79 Å². The van der Waals surface area contributed by atoms with E-state index < -0.39 is 36.0 Å². The van der Waals surface area contributed by atoms with Crippen molar-refractivity contribution in [1.82, 2.24) is 9.80 Å². The van der Waals surface area contributed by atoms with Crippen LogP contribution in [0.2, 0.25) is 0 Å². The lowest BCUT2D eigenvalue weighted by Gasteiger charge is -2.39. The minimum Gasteiger partial charge on any atom is -0.497 e. The molecule has 0 spiro atoms. The Labute approximate surface area is 329 Å². The topological polar surface area (TPSA) is 97.8 Å². The third-order valence-corrected chi connectivity index (χ3v) is 11.1. The van der Waals surface area contributed by atoms with Gasteiger partial charge in [0.25, 0.3) is 0 Å². The predicted octanol–water partition coefficient (Wildman–Crippen LogP) is 8.23. The van der Waals surface area contributed by atoms with Gasteiger partial charge in [-0.1, -0.05) is 117 Å². The summed E-state index contributed by atoms with van der Waals surface area (Å²) in [5, 5.41) is 11.1. The molecule has 1 N–H and O–H groups in total. The van der Waals surface area contributed by atoms with Gasteiger partial charge in [-0.05, 0) is 70.8 Å². The molecule has 0 saturated carbocycles. The van der Waals surface area contributed by atoms with E-state index in [1.165, 1.54) is 4.90 Å². The minimum absolute atomic E-state index is 0.0882. The number of benzene rings is 5. The summed E-state index contributed by atoms with van der Waals surface area (Å²) in [6, 6.07) is 40.1. The molecule has 56 heavy (non-hydrogen) atoms. The van der Waals surface area contributed by atoms with E-state index in [1.807, 2.05) is 141 Å². The number of hydrogen-bond donors (Lipinski definition) is 1. The van der Waals surface area contributed by atoms with Gasteiger partial charge in [-0.2, -0.15) is 0 Å². The van der Waals surface area contributed by atoms with Crippen LogP contribution in [-0.4, -0.2) is 79.5 Å². The summed E-state index contributed by atoms with van der Waals surface area (Å²) >= 11 is 0. The summed E-state index contributed by atoms with van der Waals surface area (Å²) in [4.78, 5) is 32.0. The number of rotatable bonds is 13. The van der Waals surface area contributed by atoms with Crippen LogP contribution in [0, 0.1) is 5.92 Å². The normalized spacial score (nSPS) is 16.9. The van der Waals surface area contributed by atoms with Gasteiger partial charge in [0.05, 0.1) is 33.0 Å². The minimum atomic E-state index is -1.10. The van der Waals surface area contributed by atoms with Gasteiger partial charge >= 0.3 is 6.09 Å². The maximum Gasteiger partial charge on any atom is 0.411 e. The molecule has 0 radical (unpaired) electrons. The first-order valence-electron chi connectivity index (χ1n) is 19.2. The smallest absolute Gasteiger partial charge is 0.411 e. The number of amides is 2. The van der Waals surface area contributed by atoms with Crippen molar-refractivity contribution in [3.8, 4) is 22.6 Å². The molecule has 7 rings (SSSR count). The number of nitrogens with zero attached hydrogens (tertiary/aromatic N) is 2. The molecule has 290 valence electrons. The van der Waals surface area contributed by atoms with Crippen molar-refractivity contribution in [2.24, 2.45) is 5.92 Å². The van der Waals surface area contributed by atoms with Gasteiger partial charge < -0.3 is 29.0 Å². The molecule has 9 nitrogen and oxygen atoms in total. The fourth-order valence-corrected chi connectivity index (χ4v) is 8.23. The molecule has 0 bridgehead atoms. The number of aliphatic hydroxyl groups is 1. The number of likely N-dealkylation sites (N-methyl/N-ethyl adjacent to an activating group) is 1. The van der Waals surface area contributed by atoms with E-state index >= 15 is 0 Å². The standard InChI is InChI=1S/C47H50N2O7/c1-31(2)27-43(48(3)46(52)56-44-41-17-11-9-15-39(41)40-16-10-12-18-42(40)44)45(51)49-29-36(50)28-35(49)30-55-47(32-13-7-6-8-14-32,33-19-23-37(53-4)24-20-33)34-21-25-38(54-5)26-22-34/h6-26,31,35-36,43-44,50H,27-30H2,1-5H3/t35-,36+,43?/m0/s1. The molecule has 1 fully saturated rings. The maximum atomic E-state index is 14.8. The number of methoxy groups -OCH3 is 2. The fourth-order valence-electron chi connectivity index (χ4n) is 8.23. The van der Waals surface area contributed by atoms with Crippen molar-refractivity contribution in [2.45, 2.75) is 56.6 Å². The van der Waals surface area contributed by atoms with Crippen LogP contribution < -0.4 is 9.47 Å². The highest BCUT2D eigenvalue weighted by Crippen LogP contribution is 2.46. The number of β-amino-alcohol motifs (C(OH)–C–C–N with tert-alkyl or cyclic N) is 1. The number of carbonyl (C=O) groups excluding carboxylic acids is 2. The summed E-state index contributed by atoms with van der Waals surface area (Å²) in [7, 11) is 4.89. The van der Waals surface area contributed by atoms with Gasteiger partial charge in [0.2, 0.25) is 5.91 Å². The van der Waals surface area contributed by atoms with E-state index in [2.05, 4.69) is 0 Å². The first-order valence-corrected chi connectivity index (χ1v) is 19.2. The molecule has 2 amide bonds. The molecule has 2 aliphatic rings. The molecule has 1 unspecified atom stereocenters. The summed E-state index contributed by atoms with van der Waals surface area (Å²) in [6.07, 6.45) is -1.21. The zero-order chi connectivity index (χ0) is 39.4. The third-order valence-electron chi connectivity index (χ3n) is 11.1. The van der Waals surface area contributed by atoms with Crippen molar-refractivity contribution in [3.63, 3.8) is 0 Å². The summed E-state index contributed by atoms with van der Waals surface area (Å²) in [5.41, 5.74) is 5.40. The monoisotopic (exact) mass is 754 g/mol. The largest absolute Gasteiger partial charge is 0.497 e. The van der Waals surface area contributed by atoms with Crippen molar-refractivity contribution < 1.29 is 33.6 Å². The van der Waals surface area contributed by atoms with Gasteiger partial charge in [0, 0.05) is 24.7 Å².